The average Bonchev–Trinajstić information content (AvgIpc) is 3.10. The predicted octanol–water partition coefficient (Wildman–Crippen LogP) is 1.27. The first kappa shape index (κ1) is 30.1. The SMILES string of the molecule is CC1CC(=O)N(CCN2C(=O)CC(SCOP(=O)(O)OCCOP(=O)(O)OC(C)(C)C)C2=O)C1=O. The van der Waals surface area contributed by atoms with Crippen molar-refractivity contribution in [3.05, 3.63) is 0 Å². The summed E-state index contributed by atoms with van der Waals surface area (Å²) in [6, 6.07) is 0. The van der Waals surface area contributed by atoms with Gasteiger partial charge in [0.15, 0.2) is 0 Å². The summed E-state index contributed by atoms with van der Waals surface area (Å²) in [4.78, 5) is 69.7. The molecular weight excluding hydrogens is 530 g/mol. The van der Waals surface area contributed by atoms with Crippen LogP contribution in [0.25, 0.3) is 0 Å². The molecule has 200 valence electrons. The molecule has 0 aliphatic carbocycles. The number of nitrogens with zero attached hydrogens (tertiary/aromatic N) is 2. The third-order valence-corrected chi connectivity index (χ3v) is 8.14. The quantitative estimate of drug-likeness (QED) is 0.142. The highest BCUT2D eigenvalue weighted by Gasteiger charge is 2.41. The lowest BCUT2D eigenvalue weighted by Crippen LogP contribution is -2.41. The first-order chi connectivity index (χ1) is 16.0. The van der Waals surface area contributed by atoms with Crippen LogP contribution in [-0.4, -0.2) is 86.3 Å². The van der Waals surface area contributed by atoms with Crippen molar-refractivity contribution >= 4 is 51.0 Å². The number of carbonyl (C=O) groups is 4. The largest absolute Gasteiger partial charge is 0.473 e. The Bertz CT molecular complexity index is 939. The fourth-order valence-electron chi connectivity index (χ4n) is 3.20. The maximum absolute atomic E-state index is 12.5. The van der Waals surface area contributed by atoms with Crippen molar-refractivity contribution in [2.75, 3.05) is 32.2 Å². The summed E-state index contributed by atoms with van der Waals surface area (Å²) in [6.45, 7) is 4.95. The molecule has 0 aromatic carbocycles. The molecule has 0 aromatic heterocycles. The fraction of sp³-hybridized carbons (Fsp3) is 0.778. The van der Waals surface area contributed by atoms with E-state index in [1.165, 1.54) is 0 Å². The minimum Gasteiger partial charge on any atom is -0.302 e. The van der Waals surface area contributed by atoms with Gasteiger partial charge in [0.2, 0.25) is 23.6 Å². The van der Waals surface area contributed by atoms with Crippen LogP contribution in [0.1, 0.15) is 40.5 Å². The molecule has 4 atom stereocenters. The zero-order chi connectivity index (χ0) is 26.6. The van der Waals surface area contributed by atoms with Gasteiger partial charge in [0.05, 0.1) is 24.1 Å². The molecule has 2 heterocycles. The molecule has 0 saturated carbocycles. The third kappa shape index (κ3) is 9.34. The van der Waals surface area contributed by atoms with E-state index < -0.39 is 63.4 Å². The first-order valence-electron chi connectivity index (χ1n) is 10.6. The van der Waals surface area contributed by atoms with Gasteiger partial charge >= 0.3 is 15.6 Å². The molecule has 4 unspecified atom stereocenters. The molecule has 0 bridgehead atoms. The number of hydrogen-bond donors (Lipinski definition) is 2. The second kappa shape index (κ2) is 11.9. The highest BCUT2D eigenvalue weighted by atomic mass is 32.2. The molecule has 0 aromatic rings. The smallest absolute Gasteiger partial charge is 0.302 e. The van der Waals surface area contributed by atoms with Gasteiger partial charge in [-0.05, 0) is 20.8 Å². The summed E-state index contributed by atoms with van der Waals surface area (Å²) < 4.78 is 42.5. The lowest BCUT2D eigenvalue weighted by Gasteiger charge is -2.22. The van der Waals surface area contributed by atoms with Crippen molar-refractivity contribution < 1.29 is 56.2 Å². The van der Waals surface area contributed by atoms with E-state index in [0.717, 1.165) is 21.6 Å². The number of amides is 4. The summed E-state index contributed by atoms with van der Waals surface area (Å²) in [7, 11) is -8.96. The molecule has 2 saturated heterocycles. The number of phosphoric acid groups is 2. The van der Waals surface area contributed by atoms with Gasteiger partial charge in [-0.2, -0.15) is 0 Å². The second-order valence-corrected chi connectivity index (χ2v) is 12.8. The topological polar surface area (TPSA) is 186 Å². The molecule has 2 N–H and O–H groups in total. The van der Waals surface area contributed by atoms with Crippen LogP contribution >= 0.6 is 27.4 Å². The van der Waals surface area contributed by atoms with Crippen molar-refractivity contribution in [2.45, 2.75) is 51.4 Å². The Hall–Kier alpha value is -1.15. The van der Waals surface area contributed by atoms with Crippen molar-refractivity contribution in [3.63, 3.8) is 0 Å². The van der Waals surface area contributed by atoms with Gasteiger partial charge in [-0.15, -0.1) is 11.8 Å². The molecule has 0 radical (unpaired) electrons. The minimum absolute atomic E-state index is 0.0866. The normalized spacial score (nSPS) is 24.9. The van der Waals surface area contributed by atoms with Crippen LogP contribution in [0.4, 0.5) is 0 Å². The van der Waals surface area contributed by atoms with Crippen molar-refractivity contribution in [1.29, 1.82) is 0 Å². The summed E-state index contributed by atoms with van der Waals surface area (Å²) in [5.41, 5.74) is -0.950. The number of imide groups is 2. The lowest BCUT2D eigenvalue weighted by molar-refractivity contribution is -0.144. The van der Waals surface area contributed by atoms with Crippen LogP contribution in [0.2, 0.25) is 0 Å². The Kier molecular flexibility index (Phi) is 10.3. The fourth-order valence-corrected chi connectivity index (χ4v) is 6.10. The van der Waals surface area contributed by atoms with Gasteiger partial charge in [-0.3, -0.25) is 47.1 Å². The van der Waals surface area contributed by atoms with Crippen LogP contribution in [0, 0.1) is 5.92 Å². The van der Waals surface area contributed by atoms with Crippen LogP contribution < -0.4 is 0 Å². The summed E-state index contributed by atoms with van der Waals surface area (Å²) in [6.07, 6.45) is -0.0783. The van der Waals surface area contributed by atoms with E-state index in [1.54, 1.807) is 27.7 Å². The van der Waals surface area contributed by atoms with E-state index in [2.05, 4.69) is 9.05 Å². The van der Waals surface area contributed by atoms with Crippen LogP contribution in [-0.2, 0) is 46.4 Å². The van der Waals surface area contributed by atoms with Gasteiger partial charge in [0.1, 0.15) is 5.94 Å². The number of carbonyl (C=O) groups excluding carboxylic acids is 4. The molecule has 17 heteroatoms. The Morgan fingerprint density at radius 1 is 0.886 bits per heavy atom. The van der Waals surface area contributed by atoms with Gasteiger partial charge < -0.3 is 9.79 Å². The highest BCUT2D eigenvalue weighted by molar-refractivity contribution is 8.00. The Morgan fingerprint density at radius 2 is 1.40 bits per heavy atom. The van der Waals surface area contributed by atoms with E-state index in [0.29, 0.717) is 0 Å². The predicted molar refractivity (Wildman–Crippen MR) is 122 cm³/mol. The summed E-state index contributed by atoms with van der Waals surface area (Å²) >= 11 is 0.806. The molecule has 2 aliphatic heterocycles. The minimum atomic E-state index is -4.57. The van der Waals surface area contributed by atoms with E-state index in [1.807, 2.05) is 0 Å². The maximum Gasteiger partial charge on any atom is 0.473 e. The number of thioether (sulfide) groups is 1. The summed E-state index contributed by atoms with van der Waals surface area (Å²) in [5, 5.41) is -0.871. The second-order valence-electron chi connectivity index (χ2n) is 8.79. The van der Waals surface area contributed by atoms with Crippen molar-refractivity contribution in [3.8, 4) is 0 Å². The molecule has 4 amide bonds. The van der Waals surface area contributed by atoms with E-state index >= 15 is 0 Å². The monoisotopic (exact) mass is 560 g/mol. The maximum atomic E-state index is 12.5. The third-order valence-electron chi connectivity index (χ3n) is 4.69. The molecule has 2 fully saturated rings. The number of rotatable bonds is 13. The van der Waals surface area contributed by atoms with Gasteiger partial charge in [0, 0.05) is 31.8 Å². The molecule has 14 nitrogen and oxygen atoms in total. The average molecular weight is 560 g/mol. The van der Waals surface area contributed by atoms with Crippen LogP contribution in [0.5, 0.6) is 0 Å². The molecular formula is C18H30N2O12P2S. The van der Waals surface area contributed by atoms with Crippen molar-refractivity contribution in [2.24, 2.45) is 5.92 Å². The number of hydrogen-bond acceptors (Lipinski definition) is 11. The zero-order valence-electron chi connectivity index (χ0n) is 19.8. The highest BCUT2D eigenvalue weighted by Crippen LogP contribution is 2.48. The lowest BCUT2D eigenvalue weighted by atomic mass is 10.1. The van der Waals surface area contributed by atoms with Crippen LogP contribution in [0.15, 0.2) is 0 Å². The number of phosphoric ester groups is 2. The van der Waals surface area contributed by atoms with Crippen molar-refractivity contribution in [1.82, 2.24) is 9.80 Å². The molecule has 2 rings (SSSR count). The molecule has 35 heavy (non-hydrogen) atoms. The molecule has 0 spiro atoms. The van der Waals surface area contributed by atoms with Crippen LogP contribution in [0.3, 0.4) is 0 Å². The standard InChI is InChI=1S/C18H30N2O12P2S/c1-12-9-14(21)19(16(12)23)5-6-20-15(22)10-13(17(20)24)35-11-31-33(25,26)29-7-8-30-34(27,28)32-18(2,3)4/h12-13H,5-11H2,1-4H3,(H,25,26)(H,27,28). The Morgan fingerprint density at radius 3 is 1.91 bits per heavy atom. The van der Waals surface area contributed by atoms with Gasteiger partial charge in [-0.25, -0.2) is 9.13 Å². The van der Waals surface area contributed by atoms with Gasteiger partial charge in [0.25, 0.3) is 0 Å². The Labute approximate surface area is 206 Å². The Balaban J connectivity index is 1.72. The summed E-state index contributed by atoms with van der Waals surface area (Å²) in [5.74, 6) is -2.64. The van der Waals surface area contributed by atoms with Gasteiger partial charge in [-0.1, -0.05) is 6.92 Å². The van der Waals surface area contributed by atoms with E-state index in [4.69, 9.17) is 9.05 Å². The number of likely N-dealkylation sites (tertiary alicyclic amines) is 2. The van der Waals surface area contributed by atoms with E-state index in [9.17, 15) is 38.1 Å². The van der Waals surface area contributed by atoms with E-state index in [-0.39, 0.29) is 37.7 Å². The molecule has 2 aliphatic rings. The first-order valence-corrected chi connectivity index (χ1v) is 14.7. The zero-order valence-corrected chi connectivity index (χ0v) is 22.4.